The van der Waals surface area contributed by atoms with E-state index < -0.39 is 28.3 Å². The highest BCUT2D eigenvalue weighted by atomic mass is 16.7. The van der Waals surface area contributed by atoms with Crippen LogP contribution in [0.5, 0.6) is 11.5 Å². The first kappa shape index (κ1) is 28.9. The Morgan fingerprint density at radius 2 is 1.77 bits per heavy atom. The number of aliphatic hydroxyl groups is 1. The van der Waals surface area contributed by atoms with Crippen LogP contribution in [0.1, 0.15) is 67.7 Å². The number of benzene rings is 3. The van der Waals surface area contributed by atoms with Crippen LogP contribution in [0.2, 0.25) is 0 Å². The van der Waals surface area contributed by atoms with E-state index in [1.165, 1.54) is 23.3 Å². The van der Waals surface area contributed by atoms with Crippen molar-refractivity contribution < 1.29 is 29.5 Å². The molecule has 0 spiro atoms. The second-order valence-electron chi connectivity index (χ2n) is 12.2. The van der Waals surface area contributed by atoms with Crippen molar-refractivity contribution in [2.45, 2.75) is 58.0 Å². The van der Waals surface area contributed by atoms with E-state index >= 15 is 0 Å². The van der Waals surface area contributed by atoms with E-state index in [1.807, 2.05) is 19.1 Å². The third-order valence-electron chi connectivity index (χ3n) is 10.0. The molecule has 9 heteroatoms. The normalized spacial score (nSPS) is 27.9. The quantitative estimate of drug-likeness (QED) is 0.148. The van der Waals surface area contributed by atoms with Gasteiger partial charge < -0.3 is 19.8 Å². The minimum atomic E-state index is -0.851. The fraction of sp³-hybridized carbons (Fsp3) is 0.412. The minimum Gasteiger partial charge on any atom is -0.508 e. The maximum absolute atomic E-state index is 13.6. The lowest BCUT2D eigenvalue weighted by Crippen LogP contribution is -2.44. The third-order valence-corrected chi connectivity index (χ3v) is 10.0. The molecule has 2 saturated carbocycles. The lowest BCUT2D eigenvalue weighted by molar-refractivity contribution is -0.384. The lowest BCUT2D eigenvalue weighted by Gasteiger charge is -2.50. The summed E-state index contributed by atoms with van der Waals surface area (Å²) in [4.78, 5) is 29.9. The fourth-order valence-corrected chi connectivity index (χ4v) is 7.86. The second-order valence-corrected chi connectivity index (χ2v) is 12.2. The molecule has 0 bridgehead atoms. The van der Waals surface area contributed by atoms with E-state index in [1.54, 1.807) is 42.5 Å². The number of phenols is 1. The van der Waals surface area contributed by atoms with Gasteiger partial charge in [-0.2, -0.15) is 0 Å². The van der Waals surface area contributed by atoms with Crippen molar-refractivity contribution >= 4 is 17.4 Å². The standard InChI is InChI=1S/C34H36N2O7/c1-3-42-25-12-6-21(7-13-25)31(20-4-9-23(10-5-20)36(40)41)35-43-33(39)29-19-30-28-14-8-22-18-24(37)11-15-26(22)27(28)16-17-34(30,2)32(29)38/h4-7,9-13,15,18,27-30,32,37-38H,3,8,14,16-17,19H2,1-2H3/b35-31+/t27?,28?,29?,30?,32-,34-/m0/s1. The zero-order valence-corrected chi connectivity index (χ0v) is 24.3. The summed E-state index contributed by atoms with van der Waals surface area (Å²) in [6.45, 7) is 4.51. The topological polar surface area (TPSA) is 131 Å². The largest absolute Gasteiger partial charge is 0.508 e. The molecule has 2 fully saturated rings. The Bertz CT molecular complexity index is 1550. The van der Waals surface area contributed by atoms with Crippen LogP contribution in [-0.2, 0) is 16.1 Å². The van der Waals surface area contributed by atoms with Gasteiger partial charge in [-0.15, -0.1) is 0 Å². The minimum absolute atomic E-state index is 0.0582. The van der Waals surface area contributed by atoms with Crippen molar-refractivity contribution in [3.05, 3.63) is 99.1 Å². The number of oxime groups is 1. The molecule has 0 saturated heterocycles. The van der Waals surface area contributed by atoms with Crippen molar-refractivity contribution in [3.63, 3.8) is 0 Å². The summed E-state index contributed by atoms with van der Waals surface area (Å²) in [6, 6.07) is 18.7. The van der Waals surface area contributed by atoms with Crippen molar-refractivity contribution in [1.29, 1.82) is 0 Å². The monoisotopic (exact) mass is 584 g/mol. The number of aromatic hydroxyl groups is 1. The maximum atomic E-state index is 13.6. The van der Waals surface area contributed by atoms with Crippen molar-refractivity contribution in [3.8, 4) is 11.5 Å². The van der Waals surface area contributed by atoms with Gasteiger partial charge >= 0.3 is 5.97 Å². The number of hydrogen-bond acceptors (Lipinski definition) is 8. The summed E-state index contributed by atoms with van der Waals surface area (Å²) in [5.41, 5.74) is 3.55. The van der Waals surface area contributed by atoms with Crippen molar-refractivity contribution in [1.82, 2.24) is 0 Å². The molecule has 3 aliphatic carbocycles. The fourth-order valence-electron chi connectivity index (χ4n) is 7.86. The molecule has 3 aromatic carbocycles. The molecular formula is C34H36N2O7. The van der Waals surface area contributed by atoms with Gasteiger partial charge in [-0.25, -0.2) is 4.79 Å². The number of rotatable bonds is 7. The summed E-state index contributed by atoms with van der Waals surface area (Å²) in [5.74, 6) is 0.517. The summed E-state index contributed by atoms with van der Waals surface area (Å²) in [7, 11) is 0. The Morgan fingerprint density at radius 3 is 2.44 bits per heavy atom. The molecule has 6 rings (SSSR count). The molecule has 2 N–H and O–H groups in total. The van der Waals surface area contributed by atoms with E-state index in [4.69, 9.17) is 9.57 Å². The zero-order chi connectivity index (χ0) is 30.3. The van der Waals surface area contributed by atoms with Gasteiger partial charge in [0.15, 0.2) is 0 Å². The molecule has 3 aromatic rings. The van der Waals surface area contributed by atoms with Gasteiger partial charge in [-0.1, -0.05) is 18.1 Å². The number of phenolic OH excluding ortho intramolecular Hbond substituents is 1. The zero-order valence-electron chi connectivity index (χ0n) is 24.3. The predicted molar refractivity (Wildman–Crippen MR) is 160 cm³/mol. The Hall–Kier alpha value is -4.24. The Labute approximate surface area is 250 Å². The van der Waals surface area contributed by atoms with Crippen LogP contribution in [0.3, 0.4) is 0 Å². The number of nitro benzene ring substituents is 1. The third kappa shape index (κ3) is 5.27. The molecule has 0 aromatic heterocycles. The van der Waals surface area contributed by atoms with E-state index in [-0.39, 0.29) is 17.4 Å². The number of carbonyl (C=O) groups excluding carboxylic acids is 1. The summed E-state index contributed by atoms with van der Waals surface area (Å²) in [6.07, 6.45) is 3.22. The first-order valence-corrected chi connectivity index (χ1v) is 15.0. The van der Waals surface area contributed by atoms with E-state index in [0.29, 0.717) is 47.5 Å². The van der Waals surface area contributed by atoms with E-state index in [9.17, 15) is 25.1 Å². The van der Waals surface area contributed by atoms with Crippen LogP contribution in [0.4, 0.5) is 5.69 Å². The van der Waals surface area contributed by atoms with Crippen molar-refractivity contribution in [2.24, 2.45) is 28.3 Å². The lowest BCUT2D eigenvalue weighted by atomic mass is 9.55. The summed E-state index contributed by atoms with van der Waals surface area (Å²) < 4.78 is 5.54. The van der Waals surface area contributed by atoms with Gasteiger partial charge in [-0.3, -0.25) is 10.1 Å². The maximum Gasteiger partial charge on any atom is 0.340 e. The number of nitro groups is 1. The molecule has 0 radical (unpaired) electrons. The molecule has 224 valence electrons. The van der Waals surface area contributed by atoms with Gasteiger partial charge in [0.05, 0.1) is 23.6 Å². The van der Waals surface area contributed by atoms with E-state index in [2.05, 4.69) is 12.1 Å². The van der Waals surface area contributed by atoms with E-state index in [0.717, 1.165) is 25.7 Å². The number of aliphatic hydroxyl groups excluding tert-OH is 1. The van der Waals surface area contributed by atoms with Crippen LogP contribution < -0.4 is 4.74 Å². The highest BCUT2D eigenvalue weighted by molar-refractivity contribution is 6.13. The molecule has 0 aliphatic heterocycles. The SMILES string of the molecule is CCOc1ccc(/C(=N/OC(=O)C2CC3C4CCc5cc(O)ccc5C4CC[C@]3(C)[C@H]2O)c2ccc([N+](=O)[O-])cc2)cc1. The number of nitrogens with zero attached hydrogens (tertiary/aromatic N) is 2. The highest BCUT2D eigenvalue weighted by Crippen LogP contribution is 2.62. The average molecular weight is 585 g/mol. The molecule has 0 heterocycles. The predicted octanol–water partition coefficient (Wildman–Crippen LogP) is 6.14. The molecule has 4 unspecified atom stereocenters. The van der Waals surface area contributed by atoms with Crippen LogP contribution in [0, 0.1) is 33.3 Å². The summed E-state index contributed by atoms with van der Waals surface area (Å²) in [5, 5.41) is 37.0. The highest BCUT2D eigenvalue weighted by Gasteiger charge is 2.60. The number of hydrogen-bond donors (Lipinski definition) is 2. The number of non-ortho nitro benzene ring substituents is 1. The molecule has 3 aliphatic rings. The molecule has 9 nitrogen and oxygen atoms in total. The van der Waals surface area contributed by atoms with Gasteiger partial charge in [0, 0.05) is 23.3 Å². The first-order chi connectivity index (χ1) is 20.7. The smallest absolute Gasteiger partial charge is 0.340 e. The first-order valence-electron chi connectivity index (χ1n) is 15.0. The van der Waals surface area contributed by atoms with Gasteiger partial charge in [-0.05, 0) is 122 Å². The second kappa shape index (κ2) is 11.4. The molecule has 43 heavy (non-hydrogen) atoms. The van der Waals surface area contributed by atoms with Crippen LogP contribution in [-0.4, -0.2) is 39.5 Å². The molecule has 0 amide bonds. The molecular weight excluding hydrogens is 548 g/mol. The Kier molecular flexibility index (Phi) is 7.68. The number of carbonyl (C=O) groups is 1. The summed E-state index contributed by atoms with van der Waals surface area (Å²) >= 11 is 0. The average Bonchev–Trinajstić information content (AvgIpc) is 3.28. The molecule has 6 atom stereocenters. The van der Waals surface area contributed by atoms with Crippen molar-refractivity contribution in [2.75, 3.05) is 6.61 Å². The van der Waals surface area contributed by atoms with Gasteiger partial charge in [0.1, 0.15) is 17.2 Å². The van der Waals surface area contributed by atoms with Crippen LogP contribution >= 0.6 is 0 Å². The van der Waals surface area contributed by atoms with Crippen LogP contribution in [0.25, 0.3) is 0 Å². The number of fused-ring (bicyclic) bond motifs is 5. The van der Waals surface area contributed by atoms with Gasteiger partial charge in [0.2, 0.25) is 0 Å². The Morgan fingerprint density at radius 1 is 1.07 bits per heavy atom. The van der Waals surface area contributed by atoms with Crippen LogP contribution in [0.15, 0.2) is 71.9 Å². The van der Waals surface area contributed by atoms with Gasteiger partial charge in [0.25, 0.3) is 5.69 Å². The number of aryl methyl sites for hydroxylation is 1. The Balaban J connectivity index is 1.25. The number of ether oxygens (including phenoxy) is 1.